The molecule has 1 heterocycles. The maximum absolute atomic E-state index is 12.7. The van der Waals surface area contributed by atoms with E-state index in [0.29, 0.717) is 0 Å². The lowest BCUT2D eigenvalue weighted by molar-refractivity contribution is -0.150. The van der Waals surface area contributed by atoms with Gasteiger partial charge in [-0.3, -0.25) is 14.4 Å². The van der Waals surface area contributed by atoms with Gasteiger partial charge in [0.2, 0.25) is 27.7 Å². The Morgan fingerprint density at radius 2 is 1.78 bits per heavy atom. The summed E-state index contributed by atoms with van der Waals surface area (Å²) in [6, 6.07) is 0.132. The molecule has 9 nitrogen and oxygen atoms in total. The molecule has 2 N–H and O–H groups in total. The fourth-order valence-electron chi connectivity index (χ4n) is 3.55. The Kier molecular flexibility index (Phi) is 6.85. The van der Waals surface area contributed by atoms with E-state index in [-0.39, 0.29) is 31.6 Å². The smallest absolute Gasteiger partial charge is 0.247 e. The van der Waals surface area contributed by atoms with Crippen molar-refractivity contribution in [3.63, 3.8) is 0 Å². The van der Waals surface area contributed by atoms with Gasteiger partial charge in [-0.05, 0) is 19.8 Å². The summed E-state index contributed by atoms with van der Waals surface area (Å²) >= 11 is 0. The summed E-state index contributed by atoms with van der Waals surface area (Å²) in [6.07, 6.45) is 7.42. The van der Waals surface area contributed by atoms with Gasteiger partial charge in [-0.1, -0.05) is 25.7 Å². The van der Waals surface area contributed by atoms with Gasteiger partial charge in [0.15, 0.2) is 0 Å². The zero-order valence-electron chi connectivity index (χ0n) is 16.3. The Bertz CT molecular complexity index is 687. The van der Waals surface area contributed by atoms with Crippen LogP contribution >= 0.6 is 0 Å². The number of piperazine rings is 1. The van der Waals surface area contributed by atoms with E-state index < -0.39 is 27.4 Å². The number of rotatable bonds is 5. The third-order valence-electron chi connectivity index (χ3n) is 5.50. The van der Waals surface area contributed by atoms with Crippen molar-refractivity contribution in [2.45, 2.75) is 57.0 Å². The van der Waals surface area contributed by atoms with Gasteiger partial charge in [0, 0.05) is 19.6 Å². The molecule has 0 spiro atoms. The van der Waals surface area contributed by atoms with Crippen LogP contribution in [-0.2, 0) is 24.4 Å². The van der Waals surface area contributed by atoms with E-state index in [1.165, 1.54) is 31.7 Å². The first-order chi connectivity index (χ1) is 12.5. The van der Waals surface area contributed by atoms with E-state index in [0.717, 1.165) is 36.2 Å². The molecule has 2 aliphatic rings. The fourth-order valence-corrected chi connectivity index (χ4v) is 4.38. The van der Waals surface area contributed by atoms with E-state index in [9.17, 15) is 22.8 Å². The molecule has 154 valence electrons. The van der Waals surface area contributed by atoms with Crippen molar-refractivity contribution < 1.29 is 22.8 Å². The Labute approximate surface area is 160 Å². The second kappa shape index (κ2) is 8.55. The Balaban J connectivity index is 1.96. The molecule has 0 aromatic rings. The van der Waals surface area contributed by atoms with Crippen LogP contribution in [0.5, 0.6) is 0 Å². The van der Waals surface area contributed by atoms with Crippen LogP contribution in [0.1, 0.15) is 45.4 Å². The highest BCUT2D eigenvalue weighted by Crippen LogP contribution is 2.23. The van der Waals surface area contributed by atoms with E-state index in [1.807, 2.05) is 0 Å². The second-order valence-corrected chi connectivity index (χ2v) is 9.68. The molecule has 1 saturated carbocycles. The molecular formula is C17H30N4O5S. The summed E-state index contributed by atoms with van der Waals surface area (Å²) in [6.45, 7) is 0.858. The molecular weight excluding hydrogens is 372 g/mol. The van der Waals surface area contributed by atoms with Gasteiger partial charge in [-0.25, -0.2) is 8.42 Å². The fraction of sp³-hybridized carbons (Fsp3) is 0.824. The van der Waals surface area contributed by atoms with E-state index in [2.05, 4.69) is 10.6 Å². The number of carbonyl (C=O) groups is 3. The number of likely N-dealkylation sites (N-methyl/N-ethyl adjacent to an activating group) is 1. The number of sulfonamides is 1. The Morgan fingerprint density at radius 3 is 2.33 bits per heavy atom. The third-order valence-corrected chi connectivity index (χ3v) is 6.69. The van der Waals surface area contributed by atoms with Crippen LogP contribution in [0.3, 0.4) is 0 Å². The molecule has 0 aromatic heterocycles. The highest BCUT2D eigenvalue weighted by atomic mass is 32.2. The second-order valence-electron chi connectivity index (χ2n) is 7.70. The summed E-state index contributed by atoms with van der Waals surface area (Å²) < 4.78 is 24.6. The first kappa shape index (κ1) is 21.6. The first-order valence-corrected chi connectivity index (χ1v) is 11.2. The van der Waals surface area contributed by atoms with Crippen LogP contribution in [-0.4, -0.2) is 79.9 Å². The molecule has 2 fully saturated rings. The summed E-state index contributed by atoms with van der Waals surface area (Å²) in [7, 11) is -2.15. The van der Waals surface area contributed by atoms with Gasteiger partial charge < -0.3 is 15.5 Å². The number of amides is 3. The van der Waals surface area contributed by atoms with Gasteiger partial charge >= 0.3 is 0 Å². The van der Waals surface area contributed by atoms with Crippen LogP contribution in [0.25, 0.3) is 0 Å². The molecule has 1 aliphatic carbocycles. The van der Waals surface area contributed by atoms with Crippen LogP contribution < -0.4 is 10.6 Å². The molecule has 10 heteroatoms. The molecule has 1 unspecified atom stereocenters. The molecule has 0 bridgehead atoms. The van der Waals surface area contributed by atoms with Gasteiger partial charge in [-0.2, -0.15) is 4.31 Å². The number of hydrogen-bond acceptors (Lipinski definition) is 5. The largest absolute Gasteiger partial charge is 0.352 e. The van der Waals surface area contributed by atoms with Crippen molar-refractivity contribution in [3.8, 4) is 0 Å². The van der Waals surface area contributed by atoms with Crippen molar-refractivity contribution in [2.24, 2.45) is 0 Å². The lowest BCUT2D eigenvalue weighted by Crippen LogP contribution is -2.68. The summed E-state index contributed by atoms with van der Waals surface area (Å²) in [5.41, 5.74) is -1.37. The quantitative estimate of drug-likeness (QED) is 0.598. The minimum absolute atomic E-state index is 0.132. The Morgan fingerprint density at radius 1 is 1.19 bits per heavy atom. The molecule has 0 aromatic carbocycles. The molecule has 3 amide bonds. The molecule has 0 radical (unpaired) electrons. The molecule has 1 saturated heterocycles. The van der Waals surface area contributed by atoms with Crippen LogP contribution in [0.2, 0.25) is 0 Å². The predicted molar refractivity (Wildman–Crippen MR) is 100 cm³/mol. The first-order valence-electron chi connectivity index (χ1n) is 9.33. The van der Waals surface area contributed by atoms with Crippen LogP contribution in [0.4, 0.5) is 0 Å². The predicted octanol–water partition coefficient (Wildman–Crippen LogP) is -0.566. The van der Waals surface area contributed by atoms with Crippen molar-refractivity contribution in [2.75, 3.05) is 32.9 Å². The van der Waals surface area contributed by atoms with Gasteiger partial charge in [0.05, 0.1) is 19.3 Å². The highest BCUT2D eigenvalue weighted by Gasteiger charge is 2.47. The zero-order chi connectivity index (χ0) is 20.2. The number of nitrogens with one attached hydrogen (secondary N) is 2. The SMILES string of the molecule is CN1C(=O)CN(S(C)(=O)=O)CC1(C)C(=O)NCC(=O)NC1CCCCCC1. The lowest BCUT2D eigenvalue weighted by atomic mass is 9.96. The monoisotopic (exact) mass is 402 g/mol. The Hall–Kier alpha value is -1.68. The molecule has 1 aliphatic heterocycles. The molecule has 27 heavy (non-hydrogen) atoms. The lowest BCUT2D eigenvalue weighted by Gasteiger charge is -2.44. The standard InChI is InChI=1S/C17H30N4O5S/c1-17(12-21(27(3,25)26)11-15(23)20(17)2)16(24)18-10-14(22)19-13-8-6-4-5-7-9-13/h13H,4-12H2,1-3H3,(H,18,24)(H,19,22). The van der Waals surface area contributed by atoms with Crippen molar-refractivity contribution in [1.29, 1.82) is 0 Å². The minimum Gasteiger partial charge on any atom is -0.352 e. The summed E-state index contributed by atoms with van der Waals surface area (Å²) in [5.74, 6) is -1.29. The van der Waals surface area contributed by atoms with Gasteiger partial charge in [-0.15, -0.1) is 0 Å². The summed E-state index contributed by atoms with van der Waals surface area (Å²) in [4.78, 5) is 38.3. The summed E-state index contributed by atoms with van der Waals surface area (Å²) in [5, 5.41) is 5.50. The number of nitrogens with zero attached hydrogens (tertiary/aromatic N) is 2. The normalized spacial score (nSPS) is 25.7. The van der Waals surface area contributed by atoms with Crippen molar-refractivity contribution in [3.05, 3.63) is 0 Å². The molecule has 2 rings (SSSR count). The average Bonchev–Trinajstić information content (AvgIpc) is 2.84. The van der Waals surface area contributed by atoms with E-state index >= 15 is 0 Å². The van der Waals surface area contributed by atoms with Crippen LogP contribution in [0, 0.1) is 0 Å². The van der Waals surface area contributed by atoms with Crippen molar-refractivity contribution in [1.82, 2.24) is 19.8 Å². The van der Waals surface area contributed by atoms with Crippen LogP contribution in [0.15, 0.2) is 0 Å². The topological polar surface area (TPSA) is 116 Å². The highest BCUT2D eigenvalue weighted by molar-refractivity contribution is 7.88. The van der Waals surface area contributed by atoms with Crippen molar-refractivity contribution >= 4 is 27.7 Å². The minimum atomic E-state index is -3.61. The van der Waals surface area contributed by atoms with Gasteiger partial charge in [0.1, 0.15) is 5.54 Å². The molecule has 1 atom stereocenters. The maximum Gasteiger partial charge on any atom is 0.247 e. The van der Waals surface area contributed by atoms with E-state index in [1.54, 1.807) is 0 Å². The van der Waals surface area contributed by atoms with E-state index in [4.69, 9.17) is 0 Å². The maximum atomic E-state index is 12.7. The number of carbonyl (C=O) groups excluding carboxylic acids is 3. The zero-order valence-corrected chi connectivity index (χ0v) is 17.1. The average molecular weight is 403 g/mol. The van der Waals surface area contributed by atoms with Gasteiger partial charge in [0.25, 0.3) is 0 Å². The third kappa shape index (κ3) is 5.41. The number of hydrogen-bond donors (Lipinski definition) is 2.